The summed E-state index contributed by atoms with van der Waals surface area (Å²) >= 11 is 0. The summed E-state index contributed by atoms with van der Waals surface area (Å²) in [6.07, 6.45) is 4.94. The fourth-order valence-corrected chi connectivity index (χ4v) is 3.71. The number of nitrogens with one attached hydrogen (secondary N) is 1. The first-order chi connectivity index (χ1) is 11.9. The molecule has 8 heteroatoms. The molecule has 25 heavy (non-hydrogen) atoms. The summed E-state index contributed by atoms with van der Waals surface area (Å²) in [5.74, 6) is 1.74. The number of hydrogen-bond acceptors (Lipinski definition) is 5. The Balaban J connectivity index is 1.89. The van der Waals surface area contributed by atoms with E-state index in [1.54, 1.807) is 42.7 Å². The van der Waals surface area contributed by atoms with Crippen LogP contribution in [0.5, 0.6) is 5.75 Å². The Labute approximate surface area is 146 Å². The second kappa shape index (κ2) is 6.56. The highest BCUT2D eigenvalue weighted by molar-refractivity contribution is 7.92. The molecule has 0 unspecified atom stereocenters. The van der Waals surface area contributed by atoms with Crippen LogP contribution in [0.15, 0.2) is 53.8 Å². The highest BCUT2D eigenvalue weighted by Gasteiger charge is 2.20. The molecule has 3 rings (SSSR count). The zero-order valence-corrected chi connectivity index (χ0v) is 14.9. The normalized spacial score (nSPS) is 11.3. The Morgan fingerprint density at radius 2 is 1.92 bits per heavy atom. The van der Waals surface area contributed by atoms with Gasteiger partial charge in [0.2, 0.25) is 0 Å². The van der Waals surface area contributed by atoms with Gasteiger partial charge in [-0.2, -0.15) is 0 Å². The first-order valence-corrected chi connectivity index (χ1v) is 9.03. The van der Waals surface area contributed by atoms with E-state index in [9.17, 15) is 8.42 Å². The molecule has 1 N–H and O–H groups in total. The van der Waals surface area contributed by atoms with Crippen molar-refractivity contribution in [2.24, 2.45) is 0 Å². The molecule has 7 nitrogen and oxygen atoms in total. The van der Waals surface area contributed by atoms with Gasteiger partial charge in [-0.05, 0) is 43.7 Å². The number of imidazole rings is 1. The van der Waals surface area contributed by atoms with Crippen LogP contribution < -0.4 is 9.46 Å². The van der Waals surface area contributed by atoms with Crippen LogP contribution in [0.1, 0.15) is 11.4 Å². The number of pyridine rings is 1. The van der Waals surface area contributed by atoms with E-state index in [0.717, 1.165) is 11.4 Å². The molecule has 0 atom stereocenters. The molecule has 2 aromatic heterocycles. The minimum absolute atomic E-state index is 0.0875. The van der Waals surface area contributed by atoms with Crippen molar-refractivity contribution in [3.05, 3.63) is 60.3 Å². The van der Waals surface area contributed by atoms with Gasteiger partial charge in [0.15, 0.2) is 0 Å². The monoisotopic (exact) mass is 358 g/mol. The number of aromatic nitrogens is 3. The van der Waals surface area contributed by atoms with Gasteiger partial charge < -0.3 is 4.74 Å². The smallest absolute Gasteiger partial charge is 0.265 e. The van der Waals surface area contributed by atoms with Crippen molar-refractivity contribution in [2.75, 3.05) is 11.8 Å². The van der Waals surface area contributed by atoms with E-state index in [2.05, 4.69) is 14.7 Å². The van der Waals surface area contributed by atoms with Crippen molar-refractivity contribution in [3.63, 3.8) is 0 Å². The molecular formula is C17H18N4O3S. The van der Waals surface area contributed by atoms with Crippen molar-refractivity contribution >= 4 is 15.7 Å². The summed E-state index contributed by atoms with van der Waals surface area (Å²) < 4.78 is 34.8. The largest absolute Gasteiger partial charge is 0.495 e. The summed E-state index contributed by atoms with van der Waals surface area (Å²) in [4.78, 5) is 8.51. The van der Waals surface area contributed by atoms with Gasteiger partial charge in [-0.1, -0.05) is 6.07 Å². The van der Waals surface area contributed by atoms with Gasteiger partial charge in [0.1, 0.15) is 22.3 Å². The van der Waals surface area contributed by atoms with E-state index in [4.69, 9.17) is 4.74 Å². The number of hydrogen-bond donors (Lipinski definition) is 1. The lowest BCUT2D eigenvalue weighted by molar-refractivity contribution is 0.402. The van der Waals surface area contributed by atoms with Crippen LogP contribution in [0.3, 0.4) is 0 Å². The SMILES string of the molecule is COc1ccc(C)cc1S(=O)(=O)Nc1ccc(-n2ccnc2C)nc1. The van der Waals surface area contributed by atoms with E-state index in [-0.39, 0.29) is 10.6 Å². The zero-order valence-electron chi connectivity index (χ0n) is 14.1. The fourth-order valence-electron chi connectivity index (χ4n) is 2.41. The highest BCUT2D eigenvalue weighted by Crippen LogP contribution is 2.26. The minimum Gasteiger partial charge on any atom is -0.495 e. The maximum Gasteiger partial charge on any atom is 0.265 e. The van der Waals surface area contributed by atoms with Gasteiger partial charge in [0, 0.05) is 12.4 Å². The molecule has 0 radical (unpaired) electrons. The van der Waals surface area contributed by atoms with Crippen LogP contribution in [0.4, 0.5) is 5.69 Å². The molecule has 0 spiro atoms. The molecule has 0 aliphatic rings. The lowest BCUT2D eigenvalue weighted by Gasteiger charge is -2.12. The van der Waals surface area contributed by atoms with Gasteiger partial charge >= 0.3 is 0 Å². The molecule has 0 saturated carbocycles. The summed E-state index contributed by atoms with van der Waals surface area (Å²) in [7, 11) is -2.35. The van der Waals surface area contributed by atoms with Crippen LogP contribution in [0, 0.1) is 13.8 Å². The van der Waals surface area contributed by atoms with Crippen LogP contribution in [0.25, 0.3) is 5.82 Å². The Morgan fingerprint density at radius 1 is 1.12 bits per heavy atom. The standard InChI is InChI=1S/C17H18N4O3S/c1-12-4-6-15(24-3)16(10-12)25(22,23)20-14-5-7-17(19-11-14)21-9-8-18-13(21)2/h4-11,20H,1-3H3. The number of ether oxygens (including phenoxy) is 1. The summed E-state index contributed by atoms with van der Waals surface area (Å²) in [6.45, 7) is 3.69. The Hall–Kier alpha value is -2.87. The highest BCUT2D eigenvalue weighted by atomic mass is 32.2. The van der Waals surface area contributed by atoms with E-state index in [1.165, 1.54) is 13.3 Å². The molecule has 0 saturated heterocycles. The quantitative estimate of drug-likeness (QED) is 0.758. The molecule has 3 aromatic rings. The Kier molecular flexibility index (Phi) is 4.45. The number of nitrogens with zero attached hydrogens (tertiary/aromatic N) is 3. The zero-order chi connectivity index (χ0) is 18.0. The molecular weight excluding hydrogens is 340 g/mol. The van der Waals surface area contributed by atoms with Crippen molar-refractivity contribution < 1.29 is 13.2 Å². The number of rotatable bonds is 5. The third kappa shape index (κ3) is 3.48. The Bertz CT molecular complexity index is 995. The van der Waals surface area contributed by atoms with Crippen molar-refractivity contribution in [2.45, 2.75) is 18.7 Å². The van der Waals surface area contributed by atoms with Gasteiger partial charge in [-0.3, -0.25) is 9.29 Å². The fraction of sp³-hybridized carbons (Fsp3) is 0.176. The minimum atomic E-state index is -3.79. The first kappa shape index (κ1) is 17.0. The lowest BCUT2D eigenvalue weighted by Crippen LogP contribution is -2.14. The number of anilines is 1. The molecule has 1 aromatic carbocycles. The third-order valence-electron chi connectivity index (χ3n) is 3.68. The van der Waals surface area contributed by atoms with Crippen LogP contribution in [-0.4, -0.2) is 30.1 Å². The second-order valence-corrected chi connectivity index (χ2v) is 7.16. The summed E-state index contributed by atoms with van der Waals surface area (Å²) in [5.41, 5.74) is 1.19. The lowest BCUT2D eigenvalue weighted by atomic mass is 10.2. The molecule has 0 aliphatic heterocycles. The van der Waals surface area contributed by atoms with Gasteiger partial charge in [-0.25, -0.2) is 18.4 Å². The maximum absolute atomic E-state index is 12.7. The molecule has 0 amide bonds. The Morgan fingerprint density at radius 3 is 2.52 bits per heavy atom. The van der Waals surface area contributed by atoms with Crippen molar-refractivity contribution in [1.82, 2.24) is 14.5 Å². The van der Waals surface area contributed by atoms with E-state index in [0.29, 0.717) is 11.5 Å². The van der Waals surface area contributed by atoms with Crippen molar-refractivity contribution in [3.8, 4) is 11.6 Å². The first-order valence-electron chi connectivity index (χ1n) is 7.54. The molecule has 130 valence electrons. The topological polar surface area (TPSA) is 86.1 Å². The maximum atomic E-state index is 12.7. The third-order valence-corrected chi connectivity index (χ3v) is 5.08. The predicted molar refractivity (Wildman–Crippen MR) is 94.6 cm³/mol. The van der Waals surface area contributed by atoms with Crippen LogP contribution in [-0.2, 0) is 10.0 Å². The second-order valence-electron chi connectivity index (χ2n) is 5.51. The van der Waals surface area contributed by atoms with E-state index in [1.807, 2.05) is 18.4 Å². The molecule has 0 fully saturated rings. The number of aryl methyl sites for hydroxylation is 2. The summed E-state index contributed by atoms with van der Waals surface area (Å²) in [6, 6.07) is 8.37. The van der Waals surface area contributed by atoms with Gasteiger partial charge in [-0.15, -0.1) is 0 Å². The number of benzene rings is 1. The molecule has 0 aliphatic carbocycles. The van der Waals surface area contributed by atoms with Gasteiger partial charge in [0.25, 0.3) is 10.0 Å². The molecule has 0 bridgehead atoms. The van der Waals surface area contributed by atoms with E-state index >= 15 is 0 Å². The van der Waals surface area contributed by atoms with Crippen LogP contribution >= 0.6 is 0 Å². The number of sulfonamides is 1. The average molecular weight is 358 g/mol. The van der Waals surface area contributed by atoms with E-state index < -0.39 is 10.0 Å². The van der Waals surface area contributed by atoms with Crippen molar-refractivity contribution in [1.29, 1.82) is 0 Å². The number of methoxy groups -OCH3 is 1. The molecule has 2 heterocycles. The van der Waals surface area contributed by atoms with Crippen LogP contribution in [0.2, 0.25) is 0 Å². The average Bonchev–Trinajstić information content (AvgIpc) is 3.01. The predicted octanol–water partition coefficient (Wildman–Crippen LogP) is 2.69. The van der Waals surface area contributed by atoms with Gasteiger partial charge in [0.05, 0.1) is 19.0 Å². The summed E-state index contributed by atoms with van der Waals surface area (Å²) in [5, 5.41) is 0.